The molecule has 0 aromatic carbocycles. The number of aliphatic hydroxyl groups excluding tert-OH is 1. The van der Waals surface area contributed by atoms with Gasteiger partial charge >= 0.3 is 0 Å². The molecule has 0 aliphatic carbocycles. The van der Waals surface area contributed by atoms with Crippen LogP contribution >= 0.6 is 0 Å². The summed E-state index contributed by atoms with van der Waals surface area (Å²) in [5.74, 6) is 0. The van der Waals surface area contributed by atoms with Gasteiger partial charge in [0.05, 0.1) is 6.10 Å². The van der Waals surface area contributed by atoms with Crippen LogP contribution in [-0.4, -0.2) is 17.3 Å². The Morgan fingerprint density at radius 3 is 2.00 bits per heavy atom. The molecule has 50 valence electrons. The van der Waals surface area contributed by atoms with E-state index in [1.54, 1.807) is 6.92 Å². The van der Waals surface area contributed by atoms with E-state index in [9.17, 15) is 0 Å². The van der Waals surface area contributed by atoms with Crippen LogP contribution in [0.2, 0.25) is 0 Å². The van der Waals surface area contributed by atoms with Crippen molar-refractivity contribution in [1.29, 1.82) is 0 Å². The van der Waals surface area contributed by atoms with Gasteiger partial charge in [0.15, 0.2) is 0 Å². The van der Waals surface area contributed by atoms with Crippen molar-refractivity contribution in [1.82, 2.24) is 0 Å². The topological polar surface area (TPSA) is 46.2 Å². The van der Waals surface area contributed by atoms with E-state index in [2.05, 4.69) is 0 Å². The summed E-state index contributed by atoms with van der Waals surface area (Å²) in [6, 6.07) is 0.226. The van der Waals surface area contributed by atoms with Crippen LogP contribution in [0.15, 0.2) is 0 Å². The lowest BCUT2D eigenvalue weighted by Gasteiger charge is -2.05. The molecule has 0 spiro atoms. The Labute approximate surface area is 50.7 Å². The Morgan fingerprint density at radius 1 is 1.38 bits per heavy atom. The van der Waals surface area contributed by atoms with E-state index in [0.29, 0.717) is 0 Å². The molecule has 0 rings (SSSR count). The van der Waals surface area contributed by atoms with Crippen LogP contribution in [0.25, 0.3) is 0 Å². The molecule has 0 heterocycles. The number of aliphatic hydroxyl groups is 1. The van der Waals surface area contributed by atoms with Gasteiger partial charge in [-0.15, -0.1) is 0 Å². The van der Waals surface area contributed by atoms with Crippen molar-refractivity contribution in [2.45, 2.75) is 38.8 Å². The second kappa shape index (κ2) is 3.87. The van der Waals surface area contributed by atoms with Crippen LogP contribution in [0.1, 0.15) is 26.7 Å². The highest BCUT2D eigenvalue weighted by Gasteiger charge is 1.97. The van der Waals surface area contributed by atoms with Crippen LogP contribution in [0, 0.1) is 0 Å². The molecule has 0 aliphatic rings. The second-order valence-corrected chi connectivity index (χ2v) is 2.40. The molecule has 2 atom stereocenters. The van der Waals surface area contributed by atoms with E-state index < -0.39 is 0 Å². The normalized spacial score (nSPS) is 18.0. The van der Waals surface area contributed by atoms with Gasteiger partial charge in [-0.2, -0.15) is 0 Å². The average Bonchev–Trinajstić information content (AvgIpc) is 1.61. The summed E-state index contributed by atoms with van der Waals surface area (Å²) in [7, 11) is 0. The second-order valence-electron chi connectivity index (χ2n) is 2.40. The van der Waals surface area contributed by atoms with Crippen molar-refractivity contribution < 1.29 is 5.11 Å². The maximum absolute atomic E-state index is 8.75. The minimum Gasteiger partial charge on any atom is -0.393 e. The summed E-state index contributed by atoms with van der Waals surface area (Å²) in [6.07, 6.45) is 1.54. The molecule has 0 bridgehead atoms. The molecule has 0 saturated carbocycles. The van der Waals surface area contributed by atoms with Crippen molar-refractivity contribution in [2.24, 2.45) is 5.73 Å². The Kier molecular flexibility index (Phi) is 3.83. The highest BCUT2D eigenvalue weighted by atomic mass is 16.3. The fraction of sp³-hybridized carbons (Fsp3) is 1.00. The summed E-state index contributed by atoms with van der Waals surface area (Å²) in [4.78, 5) is 0. The molecular weight excluding hydrogens is 102 g/mol. The highest BCUT2D eigenvalue weighted by molar-refractivity contribution is 4.55. The minimum atomic E-state index is -0.194. The van der Waals surface area contributed by atoms with E-state index in [1.807, 2.05) is 6.92 Å². The van der Waals surface area contributed by atoms with Crippen LogP contribution in [0.4, 0.5) is 0 Å². The van der Waals surface area contributed by atoms with Gasteiger partial charge in [0.1, 0.15) is 0 Å². The molecule has 0 aliphatic heterocycles. The van der Waals surface area contributed by atoms with Crippen LogP contribution < -0.4 is 5.73 Å². The number of rotatable bonds is 3. The lowest BCUT2D eigenvalue weighted by molar-refractivity contribution is 0.179. The maximum atomic E-state index is 8.75. The zero-order valence-electron chi connectivity index (χ0n) is 5.59. The first kappa shape index (κ1) is 7.92. The fourth-order valence-electron chi connectivity index (χ4n) is 0.504. The summed E-state index contributed by atoms with van der Waals surface area (Å²) in [5, 5.41) is 8.75. The Morgan fingerprint density at radius 2 is 1.88 bits per heavy atom. The zero-order valence-corrected chi connectivity index (χ0v) is 5.59. The fourth-order valence-corrected chi connectivity index (χ4v) is 0.504. The first-order valence-corrected chi connectivity index (χ1v) is 3.06. The molecule has 0 aromatic heterocycles. The molecule has 8 heavy (non-hydrogen) atoms. The summed E-state index contributed by atoms with van der Waals surface area (Å²) >= 11 is 0. The van der Waals surface area contributed by atoms with Gasteiger partial charge in [-0.25, -0.2) is 0 Å². The molecule has 3 N–H and O–H groups in total. The standard InChI is InChI=1S/C6H15NO/c1-5(7)3-4-6(2)8/h5-6,8H,3-4,7H2,1-2H3/t5-,6+/m1/s1. The third-order valence-corrected chi connectivity index (χ3v) is 1.04. The van der Waals surface area contributed by atoms with Gasteiger partial charge in [-0.05, 0) is 26.7 Å². The van der Waals surface area contributed by atoms with Crippen molar-refractivity contribution >= 4 is 0 Å². The van der Waals surface area contributed by atoms with Gasteiger partial charge in [0, 0.05) is 6.04 Å². The quantitative estimate of drug-likeness (QED) is 0.565. The average molecular weight is 117 g/mol. The SMILES string of the molecule is C[C@H](O)CC[C@@H](C)N. The minimum absolute atomic E-state index is 0.194. The molecule has 2 heteroatoms. The third kappa shape index (κ3) is 5.92. The van der Waals surface area contributed by atoms with E-state index >= 15 is 0 Å². The molecule has 0 amide bonds. The summed E-state index contributed by atoms with van der Waals surface area (Å²) in [5.41, 5.74) is 5.43. The number of hydrogen-bond acceptors (Lipinski definition) is 2. The smallest absolute Gasteiger partial charge is 0.0512 e. The molecule has 0 fully saturated rings. The van der Waals surface area contributed by atoms with Crippen molar-refractivity contribution in [2.75, 3.05) is 0 Å². The van der Waals surface area contributed by atoms with E-state index in [1.165, 1.54) is 0 Å². The van der Waals surface area contributed by atoms with Gasteiger partial charge in [0.25, 0.3) is 0 Å². The molecule has 2 nitrogen and oxygen atoms in total. The molecule has 0 radical (unpaired) electrons. The lowest BCUT2D eigenvalue weighted by atomic mass is 10.1. The van der Waals surface area contributed by atoms with Gasteiger partial charge in [0.2, 0.25) is 0 Å². The van der Waals surface area contributed by atoms with E-state index in [0.717, 1.165) is 12.8 Å². The Bertz CT molecular complexity index is 44.5. The Hall–Kier alpha value is -0.0800. The van der Waals surface area contributed by atoms with Gasteiger partial charge in [-0.3, -0.25) is 0 Å². The molecular formula is C6H15NO. The Balaban J connectivity index is 2.93. The number of nitrogens with two attached hydrogens (primary N) is 1. The largest absolute Gasteiger partial charge is 0.393 e. The van der Waals surface area contributed by atoms with E-state index in [-0.39, 0.29) is 12.1 Å². The predicted octanol–water partition coefficient (Wildman–Crippen LogP) is 0.495. The first-order valence-electron chi connectivity index (χ1n) is 3.06. The first-order chi connectivity index (χ1) is 3.63. The van der Waals surface area contributed by atoms with Crippen molar-refractivity contribution in [3.8, 4) is 0 Å². The van der Waals surface area contributed by atoms with Gasteiger partial charge < -0.3 is 10.8 Å². The van der Waals surface area contributed by atoms with Crippen molar-refractivity contribution in [3.05, 3.63) is 0 Å². The summed E-state index contributed by atoms with van der Waals surface area (Å²) < 4.78 is 0. The van der Waals surface area contributed by atoms with Crippen LogP contribution in [0.3, 0.4) is 0 Å². The third-order valence-electron chi connectivity index (χ3n) is 1.04. The van der Waals surface area contributed by atoms with Gasteiger partial charge in [-0.1, -0.05) is 0 Å². The van der Waals surface area contributed by atoms with E-state index in [4.69, 9.17) is 10.8 Å². The predicted molar refractivity (Wildman–Crippen MR) is 34.6 cm³/mol. The van der Waals surface area contributed by atoms with Crippen LogP contribution in [-0.2, 0) is 0 Å². The molecule has 0 unspecified atom stereocenters. The molecule has 0 saturated heterocycles. The van der Waals surface area contributed by atoms with Crippen LogP contribution in [0.5, 0.6) is 0 Å². The molecule has 0 aromatic rings. The summed E-state index contributed by atoms with van der Waals surface area (Å²) in [6.45, 7) is 3.73. The van der Waals surface area contributed by atoms with Crippen molar-refractivity contribution in [3.63, 3.8) is 0 Å². The monoisotopic (exact) mass is 117 g/mol. The highest BCUT2D eigenvalue weighted by Crippen LogP contribution is 1.97. The maximum Gasteiger partial charge on any atom is 0.0512 e. The lowest BCUT2D eigenvalue weighted by Crippen LogP contribution is -2.16. The number of hydrogen-bond donors (Lipinski definition) is 2. The zero-order chi connectivity index (χ0) is 6.57.